The van der Waals surface area contributed by atoms with Gasteiger partial charge < -0.3 is 10.1 Å². The third kappa shape index (κ3) is 3.23. The zero-order valence-electron chi connectivity index (χ0n) is 15.9. The first kappa shape index (κ1) is 19.0. The van der Waals surface area contributed by atoms with Crippen LogP contribution in [0, 0.1) is 22.9 Å². The summed E-state index contributed by atoms with van der Waals surface area (Å²) in [5.41, 5.74) is 0.576. The van der Waals surface area contributed by atoms with Crippen molar-refractivity contribution in [2.75, 3.05) is 13.7 Å². The van der Waals surface area contributed by atoms with Gasteiger partial charge in [0.1, 0.15) is 5.82 Å². The highest BCUT2D eigenvalue weighted by Crippen LogP contribution is 2.28. The van der Waals surface area contributed by atoms with Crippen LogP contribution in [-0.4, -0.2) is 28.1 Å². The molecule has 1 saturated heterocycles. The molecule has 2 aromatic carbocycles. The lowest BCUT2D eigenvalue weighted by Gasteiger charge is -2.19. The molecular weight excluding hydrogens is 379 g/mol. The zero-order valence-corrected chi connectivity index (χ0v) is 15.9. The van der Waals surface area contributed by atoms with Crippen LogP contribution >= 0.6 is 0 Å². The van der Waals surface area contributed by atoms with Crippen LogP contribution in [0.15, 0.2) is 35.1 Å². The summed E-state index contributed by atoms with van der Waals surface area (Å²) >= 11 is 0. The Morgan fingerprint density at radius 2 is 2.14 bits per heavy atom. The van der Waals surface area contributed by atoms with Crippen LogP contribution in [0.5, 0.6) is 5.75 Å². The van der Waals surface area contributed by atoms with E-state index in [1.807, 2.05) is 0 Å². The SMILES string of the molecule is COc1ccc(-n2c([C@@H]3CCCN3)nc3c(C)cc([N+](=O)[O-])cc3c2=O)cc1F. The third-order valence-corrected chi connectivity index (χ3v) is 5.15. The number of hydrogen-bond acceptors (Lipinski definition) is 6. The molecule has 29 heavy (non-hydrogen) atoms. The quantitative estimate of drug-likeness (QED) is 0.535. The Morgan fingerprint density at radius 3 is 2.76 bits per heavy atom. The van der Waals surface area contributed by atoms with Crippen molar-refractivity contribution < 1.29 is 14.1 Å². The van der Waals surface area contributed by atoms with Crippen LogP contribution in [0.25, 0.3) is 16.6 Å². The normalized spacial score (nSPS) is 16.3. The molecule has 0 saturated carbocycles. The van der Waals surface area contributed by atoms with Gasteiger partial charge in [0.25, 0.3) is 11.2 Å². The summed E-state index contributed by atoms with van der Waals surface area (Å²) < 4.78 is 20.6. The summed E-state index contributed by atoms with van der Waals surface area (Å²) in [5, 5.41) is 14.7. The van der Waals surface area contributed by atoms with Crippen molar-refractivity contribution in [3.63, 3.8) is 0 Å². The molecule has 3 aromatic rings. The molecule has 4 rings (SSSR count). The Hall–Kier alpha value is -3.33. The van der Waals surface area contributed by atoms with Crippen LogP contribution in [0.4, 0.5) is 10.1 Å². The van der Waals surface area contributed by atoms with E-state index in [-0.39, 0.29) is 28.6 Å². The second-order valence-corrected chi connectivity index (χ2v) is 6.99. The Kier molecular flexibility index (Phi) is 4.75. The van der Waals surface area contributed by atoms with Crippen molar-refractivity contribution in [3.8, 4) is 11.4 Å². The van der Waals surface area contributed by atoms with E-state index in [1.54, 1.807) is 13.0 Å². The van der Waals surface area contributed by atoms with Crippen molar-refractivity contribution in [2.45, 2.75) is 25.8 Å². The maximum atomic E-state index is 14.4. The summed E-state index contributed by atoms with van der Waals surface area (Å²) in [6.07, 6.45) is 1.71. The number of nitrogens with one attached hydrogen (secondary N) is 1. The number of aryl methyl sites for hydroxylation is 1. The van der Waals surface area contributed by atoms with Crippen LogP contribution in [0.3, 0.4) is 0 Å². The number of halogens is 1. The number of ether oxygens (including phenoxy) is 1. The van der Waals surface area contributed by atoms with Gasteiger partial charge in [0.15, 0.2) is 11.6 Å². The lowest BCUT2D eigenvalue weighted by molar-refractivity contribution is -0.384. The van der Waals surface area contributed by atoms with E-state index >= 15 is 0 Å². The van der Waals surface area contributed by atoms with Gasteiger partial charge >= 0.3 is 0 Å². The lowest BCUT2D eigenvalue weighted by atomic mass is 10.1. The molecule has 1 aromatic heterocycles. The fourth-order valence-electron chi connectivity index (χ4n) is 3.75. The molecule has 150 valence electrons. The number of nitro groups is 1. The summed E-state index contributed by atoms with van der Waals surface area (Å²) in [6, 6.07) is 6.66. The fraction of sp³-hybridized carbons (Fsp3) is 0.300. The summed E-state index contributed by atoms with van der Waals surface area (Å²) in [7, 11) is 1.36. The Balaban J connectivity index is 2.06. The van der Waals surface area contributed by atoms with Crippen LogP contribution in [-0.2, 0) is 0 Å². The zero-order chi connectivity index (χ0) is 20.7. The van der Waals surface area contributed by atoms with Crippen molar-refractivity contribution in [3.05, 3.63) is 68.0 Å². The highest BCUT2D eigenvalue weighted by atomic mass is 19.1. The van der Waals surface area contributed by atoms with Crippen LogP contribution in [0.1, 0.15) is 30.3 Å². The minimum absolute atomic E-state index is 0.0579. The summed E-state index contributed by atoms with van der Waals surface area (Å²) in [5.74, 6) is -0.0957. The van der Waals surface area contributed by atoms with Gasteiger partial charge in [0, 0.05) is 18.2 Å². The molecule has 9 heteroatoms. The topological polar surface area (TPSA) is 99.3 Å². The highest BCUT2D eigenvalue weighted by molar-refractivity contribution is 5.84. The number of fused-ring (bicyclic) bond motifs is 1. The molecule has 1 aliphatic rings. The Morgan fingerprint density at radius 1 is 1.34 bits per heavy atom. The molecule has 1 N–H and O–H groups in total. The number of nitro benzene ring substituents is 1. The van der Waals surface area contributed by atoms with Gasteiger partial charge in [0.05, 0.1) is 34.7 Å². The van der Waals surface area contributed by atoms with Gasteiger partial charge in [0.2, 0.25) is 0 Å². The number of nitrogens with zero attached hydrogens (tertiary/aromatic N) is 3. The maximum Gasteiger partial charge on any atom is 0.270 e. The van der Waals surface area contributed by atoms with E-state index in [0.29, 0.717) is 16.9 Å². The predicted molar refractivity (Wildman–Crippen MR) is 105 cm³/mol. The smallest absolute Gasteiger partial charge is 0.270 e. The molecule has 1 atom stereocenters. The van der Waals surface area contributed by atoms with E-state index in [2.05, 4.69) is 5.32 Å². The molecule has 0 bridgehead atoms. The first-order chi connectivity index (χ1) is 13.9. The first-order valence-electron chi connectivity index (χ1n) is 9.19. The molecule has 8 nitrogen and oxygen atoms in total. The summed E-state index contributed by atoms with van der Waals surface area (Å²) in [6.45, 7) is 2.47. The van der Waals surface area contributed by atoms with Gasteiger partial charge in [-0.3, -0.25) is 19.5 Å². The number of benzene rings is 2. The van der Waals surface area contributed by atoms with Gasteiger partial charge in [-0.05, 0) is 44.0 Å². The number of hydrogen-bond donors (Lipinski definition) is 1. The van der Waals surface area contributed by atoms with Crippen LogP contribution in [0.2, 0.25) is 0 Å². The molecular formula is C20H19FN4O4. The van der Waals surface area contributed by atoms with E-state index in [9.17, 15) is 19.3 Å². The minimum atomic E-state index is -0.613. The van der Waals surface area contributed by atoms with Crippen molar-refractivity contribution in [1.82, 2.24) is 14.9 Å². The van der Waals surface area contributed by atoms with Gasteiger partial charge in [-0.1, -0.05) is 0 Å². The Bertz CT molecular complexity index is 1190. The average molecular weight is 398 g/mol. The second kappa shape index (κ2) is 7.25. The van der Waals surface area contributed by atoms with Crippen molar-refractivity contribution in [1.29, 1.82) is 0 Å². The average Bonchev–Trinajstić information content (AvgIpc) is 3.22. The monoisotopic (exact) mass is 398 g/mol. The van der Waals surface area contributed by atoms with Gasteiger partial charge in [-0.15, -0.1) is 0 Å². The van der Waals surface area contributed by atoms with Crippen LogP contribution < -0.4 is 15.6 Å². The van der Waals surface area contributed by atoms with E-state index in [1.165, 1.54) is 35.9 Å². The van der Waals surface area contributed by atoms with Crippen molar-refractivity contribution in [2.24, 2.45) is 0 Å². The number of rotatable bonds is 4. The molecule has 1 aliphatic heterocycles. The second-order valence-electron chi connectivity index (χ2n) is 6.99. The van der Waals surface area contributed by atoms with Gasteiger partial charge in [-0.25, -0.2) is 9.37 Å². The minimum Gasteiger partial charge on any atom is -0.494 e. The molecule has 0 amide bonds. The standard InChI is InChI=1S/C20H19FN4O4/c1-11-8-13(25(27)28)9-14-18(11)23-19(16-4-3-7-22-16)24(20(14)26)12-5-6-17(29-2)15(21)10-12/h5-6,8-10,16,22H,3-4,7H2,1-2H3/t16-/m0/s1. The lowest BCUT2D eigenvalue weighted by Crippen LogP contribution is -2.29. The fourth-order valence-corrected chi connectivity index (χ4v) is 3.75. The van der Waals surface area contributed by atoms with Gasteiger partial charge in [-0.2, -0.15) is 0 Å². The van der Waals surface area contributed by atoms with E-state index < -0.39 is 16.3 Å². The highest BCUT2D eigenvalue weighted by Gasteiger charge is 2.25. The largest absolute Gasteiger partial charge is 0.494 e. The first-order valence-corrected chi connectivity index (χ1v) is 9.19. The predicted octanol–water partition coefficient (Wildman–Crippen LogP) is 3.17. The molecule has 0 radical (unpaired) electrons. The molecule has 0 spiro atoms. The maximum absolute atomic E-state index is 14.4. The molecule has 1 fully saturated rings. The van der Waals surface area contributed by atoms with E-state index in [0.717, 1.165) is 19.4 Å². The molecule has 2 heterocycles. The molecule has 0 unspecified atom stereocenters. The number of non-ortho nitro benzene ring substituents is 1. The number of methoxy groups -OCH3 is 1. The summed E-state index contributed by atoms with van der Waals surface area (Å²) in [4.78, 5) is 28.8. The van der Waals surface area contributed by atoms with E-state index in [4.69, 9.17) is 9.72 Å². The number of aromatic nitrogens is 2. The Labute approximate surface area is 165 Å². The third-order valence-electron chi connectivity index (χ3n) is 5.15. The molecule has 0 aliphatic carbocycles. The van der Waals surface area contributed by atoms with Crippen molar-refractivity contribution >= 4 is 16.6 Å².